The van der Waals surface area contributed by atoms with Crippen LogP contribution in [0.25, 0.3) is 0 Å². The number of sulfone groups is 1. The number of nitrogens with zero attached hydrogens (tertiary/aromatic N) is 1. The van der Waals surface area contributed by atoms with E-state index < -0.39 is 9.84 Å². The molecule has 0 aromatic carbocycles. The van der Waals surface area contributed by atoms with E-state index in [0.29, 0.717) is 0 Å². The van der Waals surface area contributed by atoms with E-state index in [2.05, 4.69) is 17.1 Å². The monoisotopic (exact) mass is 308 g/mol. The minimum atomic E-state index is -2.95. The Hall–Kier alpha value is 0.220. The molecule has 6 heteroatoms. The summed E-state index contributed by atoms with van der Waals surface area (Å²) in [5.41, 5.74) is 0. The number of thioether (sulfide) groups is 1. The van der Waals surface area contributed by atoms with Crippen LogP contribution in [-0.4, -0.2) is 62.6 Å². The maximum atomic E-state index is 11.7. The van der Waals surface area contributed by atoms with Crippen molar-refractivity contribution in [3.05, 3.63) is 0 Å². The SMILES string of the molecule is CCCCCCNCCN1CCSCC1S(C)(=O)=O. The van der Waals surface area contributed by atoms with E-state index in [1.54, 1.807) is 11.8 Å². The molecule has 0 saturated carbocycles. The zero-order valence-electron chi connectivity index (χ0n) is 12.2. The van der Waals surface area contributed by atoms with Crippen molar-refractivity contribution >= 4 is 21.6 Å². The molecule has 0 aromatic rings. The first-order valence-corrected chi connectivity index (χ1v) is 10.4. The van der Waals surface area contributed by atoms with Crippen molar-refractivity contribution in [2.24, 2.45) is 0 Å². The molecule has 1 saturated heterocycles. The topological polar surface area (TPSA) is 49.4 Å². The summed E-state index contributed by atoms with van der Waals surface area (Å²) in [4.78, 5) is 2.12. The van der Waals surface area contributed by atoms with Gasteiger partial charge in [-0.3, -0.25) is 4.90 Å². The van der Waals surface area contributed by atoms with Crippen molar-refractivity contribution in [1.29, 1.82) is 0 Å². The molecule has 19 heavy (non-hydrogen) atoms. The van der Waals surface area contributed by atoms with Gasteiger partial charge in [0.2, 0.25) is 0 Å². The first-order chi connectivity index (χ1) is 9.05. The molecule has 1 unspecified atom stereocenters. The molecular formula is C13H28N2O2S2. The quantitative estimate of drug-likeness (QED) is 0.655. The Kier molecular flexibility index (Phi) is 8.37. The lowest BCUT2D eigenvalue weighted by molar-refractivity contribution is 0.270. The van der Waals surface area contributed by atoms with Crippen LogP contribution in [0.1, 0.15) is 32.6 Å². The van der Waals surface area contributed by atoms with Crippen LogP contribution < -0.4 is 5.32 Å². The van der Waals surface area contributed by atoms with Gasteiger partial charge >= 0.3 is 0 Å². The first kappa shape index (κ1) is 17.3. The summed E-state index contributed by atoms with van der Waals surface area (Å²) in [5.74, 6) is 1.76. The lowest BCUT2D eigenvalue weighted by atomic mass is 10.2. The van der Waals surface area contributed by atoms with Crippen LogP contribution in [-0.2, 0) is 9.84 Å². The molecule has 0 radical (unpaired) electrons. The lowest BCUT2D eigenvalue weighted by Crippen LogP contribution is -2.49. The first-order valence-electron chi connectivity index (χ1n) is 7.27. The van der Waals surface area contributed by atoms with E-state index in [-0.39, 0.29) is 5.37 Å². The van der Waals surface area contributed by atoms with Gasteiger partial charge in [0.25, 0.3) is 0 Å². The van der Waals surface area contributed by atoms with Crippen LogP contribution in [0.3, 0.4) is 0 Å². The van der Waals surface area contributed by atoms with Gasteiger partial charge in [0.05, 0.1) is 0 Å². The highest BCUT2D eigenvalue weighted by Gasteiger charge is 2.30. The zero-order valence-corrected chi connectivity index (χ0v) is 13.9. The van der Waals surface area contributed by atoms with Crippen molar-refractivity contribution in [2.45, 2.75) is 38.0 Å². The molecule has 1 rings (SSSR count). The van der Waals surface area contributed by atoms with Crippen LogP contribution >= 0.6 is 11.8 Å². The summed E-state index contributed by atoms with van der Waals surface area (Å²) in [7, 11) is -2.95. The third-order valence-corrected chi connectivity index (χ3v) is 6.15. The maximum absolute atomic E-state index is 11.7. The van der Waals surface area contributed by atoms with Crippen LogP contribution in [0.5, 0.6) is 0 Å². The van der Waals surface area contributed by atoms with E-state index in [1.807, 2.05) is 0 Å². The van der Waals surface area contributed by atoms with Crippen molar-refractivity contribution in [1.82, 2.24) is 10.2 Å². The maximum Gasteiger partial charge on any atom is 0.164 e. The third kappa shape index (κ3) is 6.97. The van der Waals surface area contributed by atoms with Crippen molar-refractivity contribution in [3.8, 4) is 0 Å². The molecule has 1 aliphatic heterocycles. The zero-order chi connectivity index (χ0) is 14.1. The predicted molar refractivity (Wildman–Crippen MR) is 84.5 cm³/mol. The molecule has 1 atom stereocenters. The molecule has 0 amide bonds. The highest BCUT2D eigenvalue weighted by atomic mass is 32.2. The Morgan fingerprint density at radius 1 is 1.26 bits per heavy atom. The average molecular weight is 309 g/mol. The Balaban J connectivity index is 2.19. The third-order valence-electron chi connectivity index (χ3n) is 3.47. The fourth-order valence-corrected chi connectivity index (χ4v) is 5.26. The van der Waals surface area contributed by atoms with E-state index in [1.165, 1.54) is 31.9 Å². The van der Waals surface area contributed by atoms with Crippen molar-refractivity contribution in [3.63, 3.8) is 0 Å². The number of nitrogens with one attached hydrogen (secondary N) is 1. The van der Waals surface area contributed by atoms with Crippen LogP contribution in [0.15, 0.2) is 0 Å². The normalized spacial score (nSPS) is 21.7. The molecular weight excluding hydrogens is 280 g/mol. The molecule has 1 N–H and O–H groups in total. The van der Waals surface area contributed by atoms with E-state index in [4.69, 9.17) is 0 Å². The van der Waals surface area contributed by atoms with Gasteiger partial charge in [0, 0.05) is 37.4 Å². The fourth-order valence-electron chi connectivity index (χ4n) is 2.29. The smallest absolute Gasteiger partial charge is 0.164 e. The Morgan fingerprint density at radius 2 is 2.05 bits per heavy atom. The molecule has 1 heterocycles. The number of hydrogen-bond donors (Lipinski definition) is 1. The number of rotatable bonds is 9. The van der Waals surface area contributed by atoms with Gasteiger partial charge in [0.15, 0.2) is 9.84 Å². The van der Waals surface area contributed by atoms with Gasteiger partial charge in [-0.25, -0.2) is 8.42 Å². The summed E-state index contributed by atoms with van der Waals surface area (Å²) in [6.07, 6.45) is 6.44. The number of unbranched alkanes of at least 4 members (excludes halogenated alkanes) is 3. The van der Waals surface area contributed by atoms with Gasteiger partial charge in [-0.05, 0) is 13.0 Å². The molecule has 0 spiro atoms. The summed E-state index contributed by atoms with van der Waals surface area (Å²) in [6, 6.07) is 0. The molecule has 4 nitrogen and oxygen atoms in total. The minimum Gasteiger partial charge on any atom is -0.315 e. The molecule has 1 aliphatic rings. The number of hydrogen-bond acceptors (Lipinski definition) is 5. The Bertz CT molecular complexity index is 334. The van der Waals surface area contributed by atoms with Gasteiger partial charge in [-0.15, -0.1) is 0 Å². The highest BCUT2D eigenvalue weighted by Crippen LogP contribution is 2.19. The molecule has 0 aliphatic carbocycles. The van der Waals surface area contributed by atoms with Crippen molar-refractivity contribution in [2.75, 3.05) is 43.9 Å². The predicted octanol–water partition coefficient (Wildman–Crippen LogP) is 1.58. The fraction of sp³-hybridized carbons (Fsp3) is 1.00. The largest absolute Gasteiger partial charge is 0.315 e. The Morgan fingerprint density at radius 3 is 2.74 bits per heavy atom. The van der Waals surface area contributed by atoms with Gasteiger partial charge in [-0.2, -0.15) is 11.8 Å². The van der Waals surface area contributed by atoms with Gasteiger partial charge < -0.3 is 5.32 Å². The molecule has 1 fully saturated rings. The minimum absolute atomic E-state index is 0.284. The second-order valence-electron chi connectivity index (χ2n) is 5.21. The summed E-state index contributed by atoms with van der Waals surface area (Å²) in [5, 5.41) is 3.14. The van der Waals surface area contributed by atoms with Crippen molar-refractivity contribution < 1.29 is 8.42 Å². The summed E-state index contributed by atoms with van der Waals surface area (Å²) >= 11 is 1.75. The van der Waals surface area contributed by atoms with Gasteiger partial charge in [0.1, 0.15) is 5.37 Å². The summed E-state index contributed by atoms with van der Waals surface area (Å²) in [6.45, 7) is 5.88. The molecule has 114 valence electrons. The lowest BCUT2D eigenvalue weighted by Gasteiger charge is -2.33. The second-order valence-corrected chi connectivity index (χ2v) is 8.56. The standard InChI is InChI=1S/C13H28N2O2S2/c1-3-4-5-6-7-14-8-9-15-10-11-18-12-13(15)19(2,16)17/h13-14H,3-12H2,1-2H3. The Labute approximate surface area is 122 Å². The van der Waals surface area contributed by atoms with Crippen LogP contribution in [0.2, 0.25) is 0 Å². The highest BCUT2D eigenvalue weighted by molar-refractivity contribution is 8.00. The second kappa shape index (κ2) is 9.21. The summed E-state index contributed by atoms with van der Waals surface area (Å²) < 4.78 is 23.5. The average Bonchev–Trinajstić information content (AvgIpc) is 2.37. The van der Waals surface area contributed by atoms with E-state index in [9.17, 15) is 8.42 Å². The van der Waals surface area contributed by atoms with E-state index in [0.717, 1.165) is 37.7 Å². The van der Waals surface area contributed by atoms with Crippen LogP contribution in [0, 0.1) is 0 Å². The molecule has 0 aromatic heterocycles. The van der Waals surface area contributed by atoms with E-state index >= 15 is 0 Å². The molecule has 0 bridgehead atoms. The van der Waals surface area contributed by atoms with Gasteiger partial charge in [-0.1, -0.05) is 26.2 Å². The van der Waals surface area contributed by atoms with Crippen LogP contribution in [0.4, 0.5) is 0 Å².